The van der Waals surface area contributed by atoms with Gasteiger partial charge in [0.1, 0.15) is 0 Å². The van der Waals surface area contributed by atoms with Crippen LogP contribution in [0, 0.1) is 0 Å². The van der Waals surface area contributed by atoms with Crippen LogP contribution in [0.1, 0.15) is 26.3 Å². The van der Waals surface area contributed by atoms with Gasteiger partial charge in [-0.2, -0.15) is 0 Å². The molecule has 0 bridgehead atoms. The van der Waals surface area contributed by atoms with E-state index in [1.165, 1.54) is 0 Å². The Labute approximate surface area is 116 Å². The maximum absolute atomic E-state index is 5.69. The summed E-state index contributed by atoms with van der Waals surface area (Å²) in [5, 5.41) is 3.34. The van der Waals surface area contributed by atoms with Gasteiger partial charge in [0.25, 0.3) is 0 Å². The van der Waals surface area contributed by atoms with Crippen LogP contribution >= 0.6 is 0 Å². The minimum Gasteiger partial charge on any atom is -0.493 e. The van der Waals surface area contributed by atoms with Gasteiger partial charge in [-0.1, -0.05) is 6.07 Å². The smallest absolute Gasteiger partial charge is 0.161 e. The number of nitrogens with one attached hydrogen (secondary N) is 1. The van der Waals surface area contributed by atoms with Gasteiger partial charge in [-0.05, 0) is 38.5 Å². The Balaban J connectivity index is 2.61. The van der Waals surface area contributed by atoms with Gasteiger partial charge in [0.2, 0.25) is 0 Å². The summed E-state index contributed by atoms with van der Waals surface area (Å²) in [5.74, 6) is 1.55. The number of rotatable bonds is 8. The average molecular weight is 267 g/mol. The highest BCUT2D eigenvalue weighted by Crippen LogP contribution is 2.28. The summed E-state index contributed by atoms with van der Waals surface area (Å²) in [6.45, 7) is 7.64. The van der Waals surface area contributed by atoms with E-state index in [9.17, 15) is 0 Å². The van der Waals surface area contributed by atoms with Crippen LogP contribution in [0.25, 0.3) is 0 Å². The number of hydrogen-bond acceptors (Lipinski definition) is 4. The molecule has 0 aliphatic rings. The first-order valence-electron chi connectivity index (χ1n) is 6.64. The van der Waals surface area contributed by atoms with Crippen molar-refractivity contribution in [2.75, 3.05) is 20.8 Å². The summed E-state index contributed by atoms with van der Waals surface area (Å²) >= 11 is 0. The van der Waals surface area contributed by atoms with Gasteiger partial charge in [-0.25, -0.2) is 0 Å². The lowest BCUT2D eigenvalue weighted by Crippen LogP contribution is -2.25. The third kappa shape index (κ3) is 5.49. The number of hydrogen-bond donors (Lipinski definition) is 1. The SMILES string of the molecule is COc1cc(CNCC(C)OC)ccc1OC(C)C. The first kappa shape index (κ1) is 15.8. The van der Waals surface area contributed by atoms with Crippen molar-refractivity contribution in [3.8, 4) is 11.5 Å². The van der Waals surface area contributed by atoms with E-state index >= 15 is 0 Å². The maximum atomic E-state index is 5.69. The van der Waals surface area contributed by atoms with Crippen LogP contribution in [0.5, 0.6) is 11.5 Å². The lowest BCUT2D eigenvalue weighted by molar-refractivity contribution is 0.117. The number of benzene rings is 1. The largest absolute Gasteiger partial charge is 0.493 e. The normalized spacial score (nSPS) is 12.5. The Morgan fingerprint density at radius 2 is 1.84 bits per heavy atom. The van der Waals surface area contributed by atoms with Gasteiger partial charge in [0.15, 0.2) is 11.5 Å². The molecule has 4 nitrogen and oxygen atoms in total. The molecule has 19 heavy (non-hydrogen) atoms. The van der Waals surface area contributed by atoms with Crippen molar-refractivity contribution in [3.63, 3.8) is 0 Å². The molecule has 1 aromatic rings. The molecule has 0 aliphatic heterocycles. The second-order valence-corrected chi connectivity index (χ2v) is 4.83. The Hall–Kier alpha value is -1.26. The fraction of sp³-hybridized carbons (Fsp3) is 0.600. The molecule has 0 saturated carbocycles. The Morgan fingerprint density at radius 1 is 1.11 bits per heavy atom. The molecule has 1 rings (SSSR count). The molecule has 108 valence electrons. The predicted octanol–water partition coefficient (Wildman–Crippen LogP) is 2.61. The summed E-state index contributed by atoms with van der Waals surface area (Å²) in [7, 11) is 3.38. The molecule has 0 radical (unpaired) electrons. The van der Waals surface area contributed by atoms with Gasteiger partial charge < -0.3 is 19.5 Å². The van der Waals surface area contributed by atoms with Gasteiger partial charge in [0.05, 0.1) is 19.3 Å². The number of methoxy groups -OCH3 is 2. The van der Waals surface area contributed by atoms with Gasteiger partial charge in [-0.15, -0.1) is 0 Å². The highest BCUT2D eigenvalue weighted by molar-refractivity contribution is 5.43. The molecule has 0 saturated heterocycles. The molecule has 1 unspecified atom stereocenters. The standard InChI is InChI=1S/C15H25NO3/c1-11(2)19-14-7-6-13(8-15(14)18-5)10-16-9-12(3)17-4/h6-8,11-12,16H,9-10H2,1-5H3. The summed E-state index contributed by atoms with van der Waals surface area (Å²) in [5.41, 5.74) is 1.16. The number of ether oxygens (including phenoxy) is 3. The molecule has 0 fully saturated rings. The second kappa shape index (κ2) is 8.02. The molecule has 1 N–H and O–H groups in total. The van der Waals surface area contributed by atoms with E-state index in [1.807, 2.05) is 39.0 Å². The zero-order valence-corrected chi connectivity index (χ0v) is 12.5. The van der Waals surface area contributed by atoms with Crippen LogP contribution in [0.15, 0.2) is 18.2 Å². The van der Waals surface area contributed by atoms with Crippen LogP contribution in [-0.2, 0) is 11.3 Å². The fourth-order valence-corrected chi connectivity index (χ4v) is 1.68. The van der Waals surface area contributed by atoms with Crippen molar-refractivity contribution < 1.29 is 14.2 Å². The monoisotopic (exact) mass is 267 g/mol. The van der Waals surface area contributed by atoms with E-state index in [0.29, 0.717) is 0 Å². The summed E-state index contributed by atoms with van der Waals surface area (Å²) in [4.78, 5) is 0. The maximum Gasteiger partial charge on any atom is 0.161 e. The van der Waals surface area contributed by atoms with Crippen molar-refractivity contribution in [2.24, 2.45) is 0 Å². The molecule has 0 aliphatic carbocycles. The zero-order valence-electron chi connectivity index (χ0n) is 12.5. The van der Waals surface area contributed by atoms with Crippen molar-refractivity contribution in [1.82, 2.24) is 5.32 Å². The summed E-state index contributed by atoms with van der Waals surface area (Å²) in [6.07, 6.45) is 0.353. The van der Waals surface area contributed by atoms with Crippen molar-refractivity contribution >= 4 is 0 Å². The quantitative estimate of drug-likeness (QED) is 0.786. The molecule has 0 spiro atoms. The van der Waals surface area contributed by atoms with Crippen LogP contribution in [0.3, 0.4) is 0 Å². The topological polar surface area (TPSA) is 39.7 Å². The van der Waals surface area contributed by atoms with E-state index in [-0.39, 0.29) is 12.2 Å². The molecule has 0 heterocycles. The zero-order chi connectivity index (χ0) is 14.3. The third-order valence-corrected chi connectivity index (χ3v) is 2.75. The first-order valence-corrected chi connectivity index (χ1v) is 6.64. The summed E-state index contributed by atoms with van der Waals surface area (Å²) < 4.78 is 16.2. The first-order chi connectivity index (χ1) is 9.06. The van der Waals surface area contributed by atoms with Crippen molar-refractivity contribution in [1.29, 1.82) is 0 Å². The highest BCUT2D eigenvalue weighted by Gasteiger charge is 2.07. The van der Waals surface area contributed by atoms with Crippen molar-refractivity contribution in [3.05, 3.63) is 23.8 Å². The molecule has 1 atom stereocenters. The molecule has 1 aromatic carbocycles. The minimum absolute atomic E-state index is 0.139. The lowest BCUT2D eigenvalue weighted by atomic mass is 10.2. The van der Waals surface area contributed by atoms with Crippen LogP contribution in [-0.4, -0.2) is 33.0 Å². The van der Waals surface area contributed by atoms with Crippen LogP contribution in [0.2, 0.25) is 0 Å². The second-order valence-electron chi connectivity index (χ2n) is 4.83. The molecular weight excluding hydrogens is 242 g/mol. The Morgan fingerprint density at radius 3 is 2.42 bits per heavy atom. The van der Waals surface area contributed by atoms with Crippen molar-refractivity contribution in [2.45, 2.75) is 39.5 Å². The van der Waals surface area contributed by atoms with Gasteiger partial charge in [-0.3, -0.25) is 0 Å². The Bertz CT molecular complexity index is 380. The minimum atomic E-state index is 0.139. The fourth-order valence-electron chi connectivity index (χ4n) is 1.68. The molecule has 0 aromatic heterocycles. The summed E-state index contributed by atoms with van der Waals surface area (Å²) in [6, 6.07) is 6.00. The van der Waals surface area contributed by atoms with Crippen LogP contribution < -0.4 is 14.8 Å². The molecule has 0 amide bonds. The Kier molecular flexibility index (Phi) is 6.67. The van der Waals surface area contributed by atoms with E-state index in [2.05, 4.69) is 5.32 Å². The molecule has 4 heteroatoms. The van der Waals surface area contributed by atoms with E-state index in [0.717, 1.165) is 30.2 Å². The predicted molar refractivity (Wildman–Crippen MR) is 76.9 cm³/mol. The van der Waals surface area contributed by atoms with Crippen LogP contribution in [0.4, 0.5) is 0 Å². The highest BCUT2D eigenvalue weighted by atomic mass is 16.5. The van der Waals surface area contributed by atoms with E-state index in [1.54, 1.807) is 14.2 Å². The average Bonchev–Trinajstić information content (AvgIpc) is 2.39. The van der Waals surface area contributed by atoms with E-state index < -0.39 is 0 Å². The molecular formula is C15H25NO3. The lowest BCUT2D eigenvalue weighted by Gasteiger charge is -2.15. The van der Waals surface area contributed by atoms with Gasteiger partial charge in [0, 0.05) is 20.2 Å². The van der Waals surface area contributed by atoms with E-state index in [4.69, 9.17) is 14.2 Å². The van der Waals surface area contributed by atoms with Gasteiger partial charge >= 0.3 is 0 Å². The third-order valence-electron chi connectivity index (χ3n) is 2.75.